The molecule has 0 saturated heterocycles. The van der Waals surface area contributed by atoms with E-state index in [1.54, 1.807) is 0 Å². The SMILES string of the molecule is Cc1ccc(C)c2c1C=CC2.[Cl][Zr][Cl]. The Labute approximate surface area is 104 Å². The van der Waals surface area contributed by atoms with Crippen LogP contribution in [0.15, 0.2) is 18.2 Å². The van der Waals surface area contributed by atoms with Crippen molar-refractivity contribution < 1.29 is 20.8 Å². The summed E-state index contributed by atoms with van der Waals surface area (Å²) < 4.78 is 0. The molecule has 0 aromatic heterocycles. The van der Waals surface area contributed by atoms with Crippen LogP contribution in [0.25, 0.3) is 6.08 Å². The molecule has 0 heterocycles. The van der Waals surface area contributed by atoms with Crippen LogP contribution in [0.1, 0.15) is 22.3 Å². The standard InChI is InChI=1S/C11H12.2ClH.Zr/c1-8-6-7-9(2)11-5-3-4-10(8)11;;;/h3-4,6-7H,5H2,1-2H3;2*1H;/q;;;+2/p-2. The van der Waals surface area contributed by atoms with Crippen molar-refractivity contribution >= 4 is 23.1 Å². The number of halogens is 2. The van der Waals surface area contributed by atoms with Gasteiger partial charge in [0.15, 0.2) is 0 Å². The second-order valence-corrected chi connectivity index (χ2v) is 7.00. The van der Waals surface area contributed by atoms with Crippen molar-refractivity contribution in [2.45, 2.75) is 20.3 Å². The van der Waals surface area contributed by atoms with Crippen LogP contribution < -0.4 is 0 Å². The maximum atomic E-state index is 4.93. The Morgan fingerprint density at radius 1 is 1.14 bits per heavy atom. The Morgan fingerprint density at radius 3 is 2.29 bits per heavy atom. The van der Waals surface area contributed by atoms with Crippen LogP contribution in [0.4, 0.5) is 0 Å². The summed E-state index contributed by atoms with van der Waals surface area (Å²) in [4.78, 5) is 0. The van der Waals surface area contributed by atoms with Crippen LogP contribution in [-0.2, 0) is 27.3 Å². The molecule has 0 unspecified atom stereocenters. The molecule has 1 aliphatic carbocycles. The Morgan fingerprint density at radius 2 is 1.71 bits per heavy atom. The Kier molecular flexibility index (Phi) is 5.45. The predicted molar refractivity (Wildman–Crippen MR) is 60.4 cm³/mol. The van der Waals surface area contributed by atoms with E-state index in [2.05, 4.69) is 38.1 Å². The van der Waals surface area contributed by atoms with Crippen LogP contribution >= 0.6 is 17.0 Å². The molecule has 14 heavy (non-hydrogen) atoms. The van der Waals surface area contributed by atoms with Gasteiger partial charge in [0.05, 0.1) is 0 Å². The predicted octanol–water partition coefficient (Wildman–Crippen LogP) is 4.25. The topological polar surface area (TPSA) is 0 Å². The maximum absolute atomic E-state index is 4.93. The molecule has 74 valence electrons. The molecule has 0 aliphatic heterocycles. The van der Waals surface area contributed by atoms with Gasteiger partial charge in [-0.15, -0.1) is 0 Å². The van der Waals surface area contributed by atoms with Gasteiger partial charge in [0.2, 0.25) is 0 Å². The van der Waals surface area contributed by atoms with Gasteiger partial charge in [0.1, 0.15) is 0 Å². The van der Waals surface area contributed by atoms with Gasteiger partial charge in [-0.05, 0) is 42.5 Å². The Bertz CT molecular complexity index is 345. The van der Waals surface area contributed by atoms with Gasteiger partial charge in [-0.1, -0.05) is 24.3 Å². The number of allylic oxidation sites excluding steroid dienone is 1. The summed E-state index contributed by atoms with van der Waals surface area (Å²) in [5.41, 5.74) is 5.80. The first-order valence-electron chi connectivity index (χ1n) is 4.42. The van der Waals surface area contributed by atoms with Crippen LogP contribution in [0.2, 0.25) is 0 Å². The molecule has 0 nitrogen and oxygen atoms in total. The minimum absolute atomic E-state index is 0.826. The van der Waals surface area contributed by atoms with E-state index in [4.69, 9.17) is 17.0 Å². The molecule has 0 radical (unpaired) electrons. The molecule has 0 spiro atoms. The third kappa shape index (κ3) is 2.95. The zero-order valence-electron chi connectivity index (χ0n) is 8.27. The number of benzene rings is 1. The second-order valence-electron chi connectivity index (χ2n) is 3.27. The van der Waals surface area contributed by atoms with E-state index >= 15 is 0 Å². The summed E-state index contributed by atoms with van der Waals surface area (Å²) >= 11 is -0.826. The molecule has 2 rings (SSSR count). The summed E-state index contributed by atoms with van der Waals surface area (Å²) in [7, 11) is 9.87. The fourth-order valence-corrected chi connectivity index (χ4v) is 1.69. The van der Waals surface area contributed by atoms with Gasteiger partial charge < -0.3 is 0 Å². The monoisotopic (exact) mass is 304 g/mol. The molecule has 0 amide bonds. The average molecular weight is 306 g/mol. The molecule has 0 saturated carbocycles. The first-order valence-corrected chi connectivity index (χ1v) is 10.8. The van der Waals surface area contributed by atoms with E-state index in [0.717, 1.165) is 6.42 Å². The molecular weight excluding hydrogens is 294 g/mol. The van der Waals surface area contributed by atoms with Crippen LogP contribution in [0, 0.1) is 13.8 Å². The number of hydrogen-bond donors (Lipinski definition) is 0. The van der Waals surface area contributed by atoms with Crippen LogP contribution in [0.5, 0.6) is 0 Å². The summed E-state index contributed by atoms with van der Waals surface area (Å²) in [6.07, 6.45) is 5.60. The second kappa shape index (κ2) is 6.10. The van der Waals surface area contributed by atoms with Gasteiger partial charge in [-0.2, -0.15) is 0 Å². The van der Waals surface area contributed by atoms with Crippen molar-refractivity contribution in [3.05, 3.63) is 40.5 Å². The molecule has 0 N–H and O–H groups in total. The number of rotatable bonds is 0. The molecule has 0 fully saturated rings. The zero-order valence-corrected chi connectivity index (χ0v) is 12.2. The number of aryl methyl sites for hydroxylation is 2. The van der Waals surface area contributed by atoms with Crippen molar-refractivity contribution in [1.82, 2.24) is 0 Å². The van der Waals surface area contributed by atoms with Gasteiger partial charge in [0.25, 0.3) is 0 Å². The Hall–Kier alpha value is 0.423. The van der Waals surface area contributed by atoms with E-state index in [-0.39, 0.29) is 0 Å². The van der Waals surface area contributed by atoms with Crippen molar-refractivity contribution in [3.8, 4) is 0 Å². The summed E-state index contributed by atoms with van der Waals surface area (Å²) in [6.45, 7) is 4.36. The number of fused-ring (bicyclic) bond motifs is 1. The molecule has 3 heteroatoms. The normalized spacial score (nSPS) is 11.7. The van der Waals surface area contributed by atoms with Crippen molar-refractivity contribution in [3.63, 3.8) is 0 Å². The van der Waals surface area contributed by atoms with E-state index in [9.17, 15) is 0 Å². The molecular formula is C11H12Cl2Zr. The number of hydrogen-bond acceptors (Lipinski definition) is 0. The quantitative estimate of drug-likeness (QED) is 0.672. The van der Waals surface area contributed by atoms with Crippen LogP contribution in [0.3, 0.4) is 0 Å². The van der Waals surface area contributed by atoms with Gasteiger partial charge in [-0.3, -0.25) is 0 Å². The molecule has 0 bridgehead atoms. The van der Waals surface area contributed by atoms with Gasteiger partial charge >= 0.3 is 37.9 Å². The third-order valence-corrected chi connectivity index (χ3v) is 2.42. The zero-order chi connectivity index (χ0) is 10.6. The van der Waals surface area contributed by atoms with Crippen molar-refractivity contribution in [2.75, 3.05) is 0 Å². The molecule has 1 aromatic carbocycles. The van der Waals surface area contributed by atoms with Gasteiger partial charge in [0, 0.05) is 0 Å². The average Bonchev–Trinajstić information content (AvgIpc) is 2.62. The fraction of sp³-hybridized carbons (Fsp3) is 0.273. The summed E-state index contributed by atoms with van der Waals surface area (Å²) in [6, 6.07) is 4.41. The van der Waals surface area contributed by atoms with E-state index < -0.39 is 20.8 Å². The first-order chi connectivity index (χ1) is 6.70. The van der Waals surface area contributed by atoms with Crippen molar-refractivity contribution in [1.29, 1.82) is 0 Å². The minimum atomic E-state index is -0.826. The van der Waals surface area contributed by atoms with E-state index in [1.165, 1.54) is 22.3 Å². The summed E-state index contributed by atoms with van der Waals surface area (Å²) in [5, 5.41) is 0. The molecule has 1 aliphatic rings. The first kappa shape index (κ1) is 12.5. The molecule has 1 aromatic rings. The van der Waals surface area contributed by atoms with Gasteiger partial charge in [-0.25, -0.2) is 0 Å². The summed E-state index contributed by atoms with van der Waals surface area (Å²) in [5.74, 6) is 0. The Balaban J connectivity index is 0.000000293. The third-order valence-electron chi connectivity index (χ3n) is 2.42. The molecule has 0 atom stereocenters. The van der Waals surface area contributed by atoms with Crippen molar-refractivity contribution in [2.24, 2.45) is 0 Å². The van der Waals surface area contributed by atoms with E-state index in [1.807, 2.05) is 0 Å². The van der Waals surface area contributed by atoms with Crippen LogP contribution in [-0.4, -0.2) is 0 Å². The fourth-order valence-electron chi connectivity index (χ4n) is 1.69. The van der Waals surface area contributed by atoms with E-state index in [0.29, 0.717) is 0 Å².